The highest BCUT2D eigenvalue weighted by molar-refractivity contribution is 7.93. The number of hydrogen-bond donors (Lipinski definition) is 2. The van der Waals surface area contributed by atoms with Crippen molar-refractivity contribution in [3.05, 3.63) is 65.7 Å². The van der Waals surface area contributed by atoms with Crippen LogP contribution in [-0.4, -0.2) is 18.6 Å². The highest BCUT2D eigenvalue weighted by atomic mass is 35.5. The molecule has 9 heteroatoms. The molecule has 0 amide bonds. The first-order chi connectivity index (χ1) is 11.0. The standard InChI is InChI=1S/C9H10N4O2S2.C6H6.ClH/c1-6-11-12-9(16-6)13-17(14,15)8-4-2-7(10)3-5-8;1-2-4-6-5-3-1;/h2-5H,10H2,1H3,(H,12,13);1-6H;1H. The van der Waals surface area contributed by atoms with E-state index < -0.39 is 10.0 Å². The van der Waals surface area contributed by atoms with Crippen molar-refractivity contribution in [3.8, 4) is 0 Å². The average molecular weight is 385 g/mol. The third-order valence-corrected chi connectivity index (χ3v) is 4.84. The van der Waals surface area contributed by atoms with Gasteiger partial charge in [-0.25, -0.2) is 8.42 Å². The molecule has 3 N–H and O–H groups in total. The molecule has 0 fully saturated rings. The van der Waals surface area contributed by atoms with E-state index in [-0.39, 0.29) is 22.4 Å². The van der Waals surface area contributed by atoms with Gasteiger partial charge in [-0.2, -0.15) is 0 Å². The molecule has 0 aliphatic heterocycles. The molecule has 6 nitrogen and oxygen atoms in total. The maximum absolute atomic E-state index is 11.9. The van der Waals surface area contributed by atoms with Gasteiger partial charge in [0.15, 0.2) is 0 Å². The Bertz CT molecular complexity index is 811. The summed E-state index contributed by atoms with van der Waals surface area (Å²) in [6.07, 6.45) is 0. The van der Waals surface area contributed by atoms with E-state index in [4.69, 9.17) is 5.73 Å². The van der Waals surface area contributed by atoms with Crippen molar-refractivity contribution >= 4 is 44.6 Å². The van der Waals surface area contributed by atoms with E-state index in [0.717, 1.165) is 0 Å². The summed E-state index contributed by atoms with van der Waals surface area (Å²) in [6, 6.07) is 17.9. The summed E-state index contributed by atoms with van der Waals surface area (Å²) in [7, 11) is -3.61. The Kier molecular flexibility index (Phi) is 7.63. The van der Waals surface area contributed by atoms with Crippen LogP contribution in [0.5, 0.6) is 0 Å². The maximum atomic E-state index is 11.9. The van der Waals surface area contributed by atoms with Gasteiger partial charge in [-0.3, -0.25) is 4.72 Å². The maximum Gasteiger partial charge on any atom is 0.263 e. The van der Waals surface area contributed by atoms with Crippen molar-refractivity contribution in [3.63, 3.8) is 0 Å². The van der Waals surface area contributed by atoms with E-state index in [1.165, 1.54) is 35.6 Å². The van der Waals surface area contributed by atoms with Crippen LogP contribution < -0.4 is 10.5 Å². The van der Waals surface area contributed by atoms with Gasteiger partial charge in [0.25, 0.3) is 10.0 Å². The summed E-state index contributed by atoms with van der Waals surface area (Å²) >= 11 is 1.18. The van der Waals surface area contributed by atoms with Crippen LogP contribution in [-0.2, 0) is 10.0 Å². The van der Waals surface area contributed by atoms with Gasteiger partial charge in [-0.05, 0) is 31.2 Å². The van der Waals surface area contributed by atoms with Gasteiger partial charge in [0.05, 0.1) is 4.90 Å². The number of sulfonamides is 1. The molecule has 3 aromatic rings. The summed E-state index contributed by atoms with van der Waals surface area (Å²) in [5, 5.41) is 8.37. The number of rotatable bonds is 3. The zero-order valence-electron chi connectivity index (χ0n) is 12.8. The number of halogens is 1. The summed E-state index contributed by atoms with van der Waals surface area (Å²) < 4.78 is 26.2. The van der Waals surface area contributed by atoms with Gasteiger partial charge < -0.3 is 5.73 Å². The number of aromatic nitrogens is 2. The van der Waals surface area contributed by atoms with Gasteiger partial charge in [0.1, 0.15) is 5.01 Å². The van der Waals surface area contributed by atoms with E-state index in [1.54, 1.807) is 6.92 Å². The number of nitrogens with two attached hydrogens (primary N) is 1. The van der Waals surface area contributed by atoms with E-state index in [2.05, 4.69) is 14.9 Å². The predicted octanol–water partition coefficient (Wildman–Crippen LogP) is 3.34. The SMILES string of the molecule is Cc1nnc(NS(=O)(=O)c2ccc(N)cc2)s1.Cl.c1ccccc1. The number of anilines is 2. The smallest absolute Gasteiger partial charge is 0.263 e. The lowest BCUT2D eigenvalue weighted by atomic mass is 10.3. The van der Waals surface area contributed by atoms with Crippen molar-refractivity contribution in [2.75, 3.05) is 10.5 Å². The summed E-state index contributed by atoms with van der Waals surface area (Å²) in [6.45, 7) is 1.75. The summed E-state index contributed by atoms with van der Waals surface area (Å²) in [4.78, 5) is 0.138. The van der Waals surface area contributed by atoms with Crippen LogP contribution >= 0.6 is 23.7 Å². The van der Waals surface area contributed by atoms with Gasteiger partial charge in [-0.1, -0.05) is 47.7 Å². The Labute approximate surface area is 151 Å². The second kappa shape index (κ2) is 9.21. The number of nitrogens with zero attached hydrogens (tertiary/aromatic N) is 2. The highest BCUT2D eigenvalue weighted by Crippen LogP contribution is 2.19. The fraction of sp³-hybridized carbons (Fsp3) is 0.0667. The minimum Gasteiger partial charge on any atom is -0.399 e. The lowest BCUT2D eigenvalue weighted by Crippen LogP contribution is -2.12. The van der Waals surface area contributed by atoms with Gasteiger partial charge >= 0.3 is 0 Å². The Balaban J connectivity index is 0.000000349. The molecule has 0 atom stereocenters. The predicted molar refractivity (Wildman–Crippen MR) is 100.0 cm³/mol. The molecule has 0 spiro atoms. The molecule has 0 bridgehead atoms. The van der Waals surface area contributed by atoms with Gasteiger partial charge in [0, 0.05) is 5.69 Å². The van der Waals surface area contributed by atoms with E-state index in [0.29, 0.717) is 10.7 Å². The average Bonchev–Trinajstić information content (AvgIpc) is 2.94. The van der Waals surface area contributed by atoms with Crippen LogP contribution in [0.3, 0.4) is 0 Å². The zero-order chi connectivity index (χ0) is 16.7. The van der Waals surface area contributed by atoms with Crippen molar-refractivity contribution in [1.82, 2.24) is 10.2 Å². The fourth-order valence-corrected chi connectivity index (χ4v) is 3.37. The van der Waals surface area contributed by atoms with E-state index >= 15 is 0 Å². The molecule has 24 heavy (non-hydrogen) atoms. The van der Waals surface area contributed by atoms with E-state index in [1.807, 2.05) is 36.4 Å². The molecule has 0 aliphatic carbocycles. The number of benzene rings is 2. The monoisotopic (exact) mass is 384 g/mol. The first-order valence-corrected chi connectivity index (χ1v) is 8.96. The molecular weight excluding hydrogens is 368 g/mol. The second-order valence-electron chi connectivity index (χ2n) is 4.46. The highest BCUT2D eigenvalue weighted by Gasteiger charge is 2.15. The van der Waals surface area contributed by atoms with Crippen LogP contribution in [0, 0.1) is 6.92 Å². The van der Waals surface area contributed by atoms with Crippen LogP contribution in [0.2, 0.25) is 0 Å². The molecule has 1 aromatic heterocycles. The normalized spacial score (nSPS) is 10.0. The Hall–Kier alpha value is -2.16. The number of nitrogens with one attached hydrogen (secondary N) is 1. The van der Waals surface area contributed by atoms with Crippen molar-refractivity contribution in [1.29, 1.82) is 0 Å². The molecule has 2 aromatic carbocycles. The van der Waals surface area contributed by atoms with Crippen molar-refractivity contribution in [2.24, 2.45) is 0 Å². The fourth-order valence-electron chi connectivity index (χ4n) is 1.54. The molecule has 0 radical (unpaired) electrons. The lowest BCUT2D eigenvalue weighted by Gasteiger charge is -2.04. The van der Waals surface area contributed by atoms with E-state index in [9.17, 15) is 8.42 Å². The lowest BCUT2D eigenvalue weighted by molar-refractivity contribution is 0.601. The minimum atomic E-state index is -3.61. The summed E-state index contributed by atoms with van der Waals surface area (Å²) in [5.74, 6) is 0. The summed E-state index contributed by atoms with van der Waals surface area (Å²) in [5.41, 5.74) is 6.00. The molecule has 0 aliphatic rings. The largest absolute Gasteiger partial charge is 0.399 e. The molecule has 128 valence electrons. The second-order valence-corrected chi connectivity index (χ2v) is 7.32. The molecule has 0 saturated carbocycles. The third-order valence-electron chi connectivity index (χ3n) is 2.60. The van der Waals surface area contributed by atoms with Crippen LogP contribution in [0.25, 0.3) is 0 Å². The molecule has 3 rings (SSSR count). The zero-order valence-corrected chi connectivity index (χ0v) is 15.2. The topological polar surface area (TPSA) is 98.0 Å². The van der Waals surface area contributed by atoms with Gasteiger partial charge in [0.2, 0.25) is 5.13 Å². The third kappa shape index (κ3) is 6.15. The molecule has 0 unspecified atom stereocenters. The first-order valence-electron chi connectivity index (χ1n) is 6.66. The number of nitrogen functional groups attached to an aromatic ring is 1. The molecular formula is C15H17ClN4O2S2. The van der Waals surface area contributed by atoms with Crippen LogP contribution in [0.4, 0.5) is 10.8 Å². The first kappa shape index (κ1) is 19.9. The van der Waals surface area contributed by atoms with Crippen molar-refractivity contribution < 1.29 is 8.42 Å². The van der Waals surface area contributed by atoms with Gasteiger partial charge in [-0.15, -0.1) is 22.6 Å². The molecule has 1 heterocycles. The van der Waals surface area contributed by atoms with Crippen LogP contribution in [0.15, 0.2) is 65.6 Å². The van der Waals surface area contributed by atoms with Crippen molar-refractivity contribution in [2.45, 2.75) is 11.8 Å². The number of hydrogen-bond acceptors (Lipinski definition) is 6. The Morgan fingerprint density at radius 1 is 0.958 bits per heavy atom. The van der Waals surface area contributed by atoms with Crippen LogP contribution in [0.1, 0.15) is 5.01 Å². The minimum absolute atomic E-state index is 0. The molecule has 0 saturated heterocycles. The Morgan fingerprint density at radius 3 is 1.88 bits per heavy atom. The Morgan fingerprint density at radius 2 is 1.46 bits per heavy atom. The number of aryl methyl sites for hydroxylation is 1. The quantitative estimate of drug-likeness (QED) is 0.675.